The van der Waals surface area contributed by atoms with Crippen LogP contribution in [0.4, 0.5) is 0 Å². The van der Waals surface area contributed by atoms with E-state index in [0.29, 0.717) is 12.2 Å². The summed E-state index contributed by atoms with van der Waals surface area (Å²) in [4.78, 5) is 23.6. The number of carboxylic acids is 2. The number of aliphatic carboxylic acids is 2. The Balaban J connectivity index is 0.000000447. The first-order valence-corrected chi connectivity index (χ1v) is 9.35. The molecule has 0 aromatic heterocycles. The number of hydrogen-bond donors (Lipinski definition) is 2. The van der Waals surface area contributed by atoms with Gasteiger partial charge in [-0.25, -0.2) is 9.59 Å². The van der Waals surface area contributed by atoms with E-state index in [1.54, 1.807) is 26.0 Å². The van der Waals surface area contributed by atoms with E-state index < -0.39 is 11.9 Å². The summed E-state index contributed by atoms with van der Waals surface area (Å²) in [6.07, 6.45) is 1.12. The number of ether oxygens (including phenoxy) is 2. The third kappa shape index (κ3) is 9.18. The maximum Gasteiger partial charge on any atom is 0.328 e. The fraction of sp³-hybridized carbons (Fsp3) is 0.238. The van der Waals surface area contributed by atoms with Gasteiger partial charge in [-0.3, -0.25) is 0 Å². The Morgan fingerprint density at radius 1 is 0.966 bits per heavy atom. The Morgan fingerprint density at radius 2 is 1.59 bits per heavy atom. The number of carboxylic acid groups (broad SMARTS) is 2. The summed E-state index contributed by atoms with van der Waals surface area (Å²) in [6, 6.07) is 14.3. The van der Waals surface area contributed by atoms with E-state index in [0.717, 1.165) is 22.9 Å². The van der Waals surface area contributed by atoms with Crippen molar-refractivity contribution in [2.45, 2.75) is 16.3 Å². The van der Waals surface area contributed by atoms with Gasteiger partial charge in [-0.05, 0) is 43.9 Å². The molecule has 0 saturated carbocycles. The van der Waals surface area contributed by atoms with Crippen molar-refractivity contribution in [2.75, 3.05) is 28.3 Å². The van der Waals surface area contributed by atoms with Gasteiger partial charge in [0.25, 0.3) is 0 Å². The normalized spacial score (nSPS) is 10.4. The van der Waals surface area contributed by atoms with Crippen LogP contribution in [-0.4, -0.2) is 55.4 Å². The molecule has 0 saturated heterocycles. The Morgan fingerprint density at radius 3 is 2.10 bits per heavy atom. The molecule has 8 heteroatoms. The van der Waals surface area contributed by atoms with E-state index in [-0.39, 0.29) is 0 Å². The van der Waals surface area contributed by atoms with Gasteiger partial charge in [0.15, 0.2) is 0 Å². The van der Waals surface area contributed by atoms with Crippen LogP contribution in [0.25, 0.3) is 0 Å². The van der Waals surface area contributed by atoms with Crippen LogP contribution in [0.3, 0.4) is 0 Å². The van der Waals surface area contributed by atoms with Gasteiger partial charge in [-0.2, -0.15) is 0 Å². The molecule has 2 aromatic rings. The minimum atomic E-state index is -1.26. The molecule has 0 heterocycles. The first-order valence-electron chi connectivity index (χ1n) is 8.53. The first-order chi connectivity index (χ1) is 13.8. The Bertz CT molecular complexity index is 835. The molecule has 0 atom stereocenters. The minimum Gasteiger partial charge on any atom is -0.497 e. The van der Waals surface area contributed by atoms with E-state index in [9.17, 15) is 9.59 Å². The quantitative estimate of drug-likeness (QED) is 0.626. The second kappa shape index (κ2) is 12.5. The molecule has 2 aromatic carbocycles. The fourth-order valence-electron chi connectivity index (χ4n) is 2.20. The summed E-state index contributed by atoms with van der Waals surface area (Å²) < 4.78 is 10.8. The highest BCUT2D eigenvalue weighted by molar-refractivity contribution is 7.99. The summed E-state index contributed by atoms with van der Waals surface area (Å²) in [5, 5.41) is 15.6. The summed E-state index contributed by atoms with van der Waals surface area (Å²) in [7, 11) is 7.52. The van der Waals surface area contributed by atoms with Crippen LogP contribution in [0.1, 0.15) is 5.56 Å². The molecule has 0 amide bonds. The van der Waals surface area contributed by atoms with Crippen LogP contribution < -0.4 is 9.47 Å². The highest BCUT2D eigenvalue weighted by Crippen LogP contribution is 2.38. The average molecular weight is 419 g/mol. The van der Waals surface area contributed by atoms with E-state index >= 15 is 0 Å². The average Bonchev–Trinajstić information content (AvgIpc) is 2.68. The number of benzene rings is 2. The zero-order valence-electron chi connectivity index (χ0n) is 16.8. The lowest BCUT2D eigenvalue weighted by molar-refractivity contribution is -0.134. The molecule has 7 nitrogen and oxygen atoms in total. The number of hydrogen-bond acceptors (Lipinski definition) is 6. The van der Waals surface area contributed by atoms with E-state index in [1.165, 1.54) is 10.5 Å². The first kappa shape index (κ1) is 24.1. The van der Waals surface area contributed by atoms with Crippen LogP contribution in [0, 0.1) is 0 Å². The van der Waals surface area contributed by atoms with Gasteiger partial charge < -0.3 is 24.6 Å². The van der Waals surface area contributed by atoms with Crippen LogP contribution in [0.5, 0.6) is 11.5 Å². The van der Waals surface area contributed by atoms with Crippen molar-refractivity contribution in [3.63, 3.8) is 0 Å². The molecule has 0 radical (unpaired) electrons. The van der Waals surface area contributed by atoms with Crippen molar-refractivity contribution in [1.29, 1.82) is 0 Å². The Kier molecular flexibility index (Phi) is 10.4. The molecular weight excluding hydrogens is 394 g/mol. The maximum absolute atomic E-state index is 9.55. The molecule has 0 bridgehead atoms. The molecule has 0 aliphatic heterocycles. The van der Waals surface area contributed by atoms with Crippen LogP contribution >= 0.6 is 11.8 Å². The second-order valence-electron chi connectivity index (χ2n) is 5.97. The van der Waals surface area contributed by atoms with Gasteiger partial charge in [0.1, 0.15) is 11.5 Å². The molecule has 0 unspecified atom stereocenters. The lowest BCUT2D eigenvalue weighted by Crippen LogP contribution is -2.11. The molecule has 156 valence electrons. The second-order valence-corrected chi connectivity index (χ2v) is 7.06. The van der Waals surface area contributed by atoms with Crippen molar-refractivity contribution < 1.29 is 29.3 Å². The van der Waals surface area contributed by atoms with E-state index in [2.05, 4.69) is 43.3 Å². The monoisotopic (exact) mass is 419 g/mol. The third-order valence-corrected chi connectivity index (χ3v) is 4.58. The Labute approximate surface area is 174 Å². The minimum absolute atomic E-state index is 0.558. The summed E-state index contributed by atoms with van der Waals surface area (Å²) >= 11 is 1.71. The highest BCUT2D eigenvalue weighted by atomic mass is 32.2. The van der Waals surface area contributed by atoms with E-state index in [1.807, 2.05) is 18.2 Å². The lowest BCUT2D eigenvalue weighted by atomic mass is 10.2. The van der Waals surface area contributed by atoms with Crippen molar-refractivity contribution in [3.8, 4) is 11.5 Å². The Hall–Kier alpha value is -2.97. The predicted octanol–water partition coefficient (Wildman–Crippen LogP) is 3.63. The molecule has 0 fully saturated rings. The topological polar surface area (TPSA) is 96.3 Å². The third-order valence-electron chi connectivity index (χ3n) is 3.42. The van der Waals surface area contributed by atoms with Gasteiger partial charge in [0.05, 0.1) is 19.1 Å². The van der Waals surface area contributed by atoms with Gasteiger partial charge in [-0.15, -0.1) is 0 Å². The SMILES string of the molecule is COc1ccc(OC)c(Sc2ccccc2CN(C)C)c1.O=C(O)/C=C\C(=O)O. The summed E-state index contributed by atoms with van der Waals surface area (Å²) in [6.45, 7) is 0.912. The smallest absolute Gasteiger partial charge is 0.328 e. The molecule has 0 aliphatic rings. The molecular formula is C21H25NO6S. The number of rotatable bonds is 8. The van der Waals surface area contributed by atoms with Crippen LogP contribution in [0.15, 0.2) is 64.4 Å². The van der Waals surface area contributed by atoms with Gasteiger partial charge in [0.2, 0.25) is 0 Å². The standard InChI is InChI=1S/C17H21NO2S.C4H4O4/c1-18(2)12-13-7-5-6-8-16(13)21-17-11-14(19-3)9-10-15(17)20-4;5-3(6)1-2-4(7)8/h5-11H,12H2,1-4H3;1-2H,(H,5,6)(H,7,8)/b;2-1-. The zero-order chi connectivity index (χ0) is 21.8. The molecule has 0 aliphatic carbocycles. The van der Waals surface area contributed by atoms with Crippen molar-refractivity contribution in [1.82, 2.24) is 4.90 Å². The maximum atomic E-state index is 9.55. The molecule has 2 rings (SSSR count). The number of carbonyl (C=O) groups is 2. The lowest BCUT2D eigenvalue weighted by Gasteiger charge is -2.15. The zero-order valence-corrected chi connectivity index (χ0v) is 17.6. The molecule has 0 spiro atoms. The molecule has 29 heavy (non-hydrogen) atoms. The number of nitrogens with zero attached hydrogens (tertiary/aromatic N) is 1. The van der Waals surface area contributed by atoms with Crippen LogP contribution in [-0.2, 0) is 16.1 Å². The number of methoxy groups -OCH3 is 2. The van der Waals surface area contributed by atoms with Gasteiger partial charge >= 0.3 is 11.9 Å². The largest absolute Gasteiger partial charge is 0.497 e. The van der Waals surface area contributed by atoms with Gasteiger partial charge in [0, 0.05) is 23.6 Å². The van der Waals surface area contributed by atoms with Gasteiger partial charge in [-0.1, -0.05) is 30.0 Å². The van der Waals surface area contributed by atoms with E-state index in [4.69, 9.17) is 19.7 Å². The summed E-state index contributed by atoms with van der Waals surface area (Å²) in [5.41, 5.74) is 1.30. The molecule has 2 N–H and O–H groups in total. The predicted molar refractivity (Wildman–Crippen MR) is 112 cm³/mol. The fourth-order valence-corrected chi connectivity index (χ4v) is 3.27. The summed E-state index contributed by atoms with van der Waals surface area (Å²) in [5.74, 6) is -0.816. The van der Waals surface area contributed by atoms with Crippen molar-refractivity contribution in [3.05, 3.63) is 60.2 Å². The van der Waals surface area contributed by atoms with Crippen LogP contribution in [0.2, 0.25) is 0 Å². The highest BCUT2D eigenvalue weighted by Gasteiger charge is 2.10. The van der Waals surface area contributed by atoms with Crippen molar-refractivity contribution >= 4 is 23.7 Å². The van der Waals surface area contributed by atoms with Crippen molar-refractivity contribution in [2.24, 2.45) is 0 Å².